The largest absolute Gasteiger partial charge is 0.355 e. The van der Waals surface area contributed by atoms with E-state index in [1.807, 2.05) is 31.2 Å². The van der Waals surface area contributed by atoms with Crippen molar-refractivity contribution in [1.82, 2.24) is 4.98 Å². The molecule has 0 saturated heterocycles. The molecule has 3 aromatic rings. The Hall–Kier alpha value is -2.06. The first-order valence-corrected chi connectivity index (χ1v) is 7.32. The van der Waals surface area contributed by atoms with Gasteiger partial charge in [-0.25, -0.2) is 0 Å². The molecule has 0 aliphatic heterocycles. The molecule has 2 aromatic carbocycles. The molecule has 1 N–H and O–H groups in total. The zero-order chi connectivity index (χ0) is 15.0. The molecule has 1 aromatic heterocycles. The smallest absolute Gasteiger partial charge is 0.0755 e. The van der Waals surface area contributed by atoms with Crippen LogP contribution >= 0.6 is 11.6 Å². The van der Waals surface area contributed by atoms with Gasteiger partial charge in [-0.05, 0) is 56.7 Å². The standard InChI is InChI=1S/C18H17ClN2/c1-11-7-12(2)18-16(8-11)17(9-13(3)20-18)21-15-6-4-5-14(19)10-15/h4-10H,1-3H3,(H,20,21). The Kier molecular flexibility index (Phi) is 3.56. The lowest BCUT2D eigenvalue weighted by Gasteiger charge is -2.13. The van der Waals surface area contributed by atoms with Crippen LogP contribution in [-0.2, 0) is 0 Å². The van der Waals surface area contributed by atoms with Crippen molar-refractivity contribution < 1.29 is 0 Å². The Morgan fingerprint density at radius 1 is 1.00 bits per heavy atom. The number of anilines is 2. The van der Waals surface area contributed by atoms with E-state index in [2.05, 4.69) is 42.3 Å². The number of nitrogens with zero attached hydrogens (tertiary/aromatic N) is 1. The van der Waals surface area contributed by atoms with E-state index in [4.69, 9.17) is 11.6 Å². The number of halogens is 1. The first kappa shape index (κ1) is 13.9. The van der Waals surface area contributed by atoms with Gasteiger partial charge >= 0.3 is 0 Å². The molecule has 21 heavy (non-hydrogen) atoms. The number of hydrogen-bond donors (Lipinski definition) is 1. The molecule has 106 valence electrons. The van der Waals surface area contributed by atoms with Gasteiger partial charge in [0, 0.05) is 27.5 Å². The maximum atomic E-state index is 6.06. The number of benzene rings is 2. The number of aryl methyl sites for hydroxylation is 3. The van der Waals surface area contributed by atoms with E-state index in [0.717, 1.165) is 33.0 Å². The van der Waals surface area contributed by atoms with Gasteiger partial charge in [-0.1, -0.05) is 29.3 Å². The second kappa shape index (κ2) is 5.38. The van der Waals surface area contributed by atoms with Crippen LogP contribution < -0.4 is 5.32 Å². The zero-order valence-corrected chi connectivity index (χ0v) is 13.1. The second-order valence-electron chi connectivity index (χ2n) is 5.42. The molecule has 0 aliphatic rings. The molecule has 3 heteroatoms. The fourth-order valence-electron chi connectivity index (χ4n) is 2.63. The minimum atomic E-state index is 0.724. The highest BCUT2D eigenvalue weighted by Crippen LogP contribution is 2.30. The summed E-state index contributed by atoms with van der Waals surface area (Å²) in [6.45, 7) is 6.22. The molecule has 0 radical (unpaired) electrons. The average molecular weight is 297 g/mol. The lowest BCUT2D eigenvalue weighted by Crippen LogP contribution is -1.96. The highest BCUT2D eigenvalue weighted by Gasteiger charge is 2.08. The van der Waals surface area contributed by atoms with E-state index in [1.165, 1.54) is 11.1 Å². The monoisotopic (exact) mass is 296 g/mol. The molecule has 0 fully saturated rings. The minimum absolute atomic E-state index is 0.724. The molecule has 3 rings (SSSR count). The lowest BCUT2D eigenvalue weighted by atomic mass is 10.0. The number of aromatic nitrogens is 1. The van der Waals surface area contributed by atoms with Crippen molar-refractivity contribution in [1.29, 1.82) is 0 Å². The lowest BCUT2D eigenvalue weighted by molar-refractivity contribution is 1.23. The quantitative estimate of drug-likeness (QED) is 0.670. The van der Waals surface area contributed by atoms with E-state index in [1.54, 1.807) is 0 Å². The van der Waals surface area contributed by atoms with Crippen LogP contribution in [0, 0.1) is 20.8 Å². The molecule has 0 atom stereocenters. The third-order valence-electron chi connectivity index (χ3n) is 3.48. The predicted molar refractivity (Wildman–Crippen MR) is 90.7 cm³/mol. The summed E-state index contributed by atoms with van der Waals surface area (Å²) in [6, 6.07) is 14.2. The molecule has 0 spiro atoms. The molecule has 0 aliphatic carbocycles. The molecule has 0 amide bonds. The summed E-state index contributed by atoms with van der Waals surface area (Å²) in [4.78, 5) is 4.67. The Balaban J connectivity index is 2.17. The van der Waals surface area contributed by atoms with E-state index in [9.17, 15) is 0 Å². The van der Waals surface area contributed by atoms with Crippen LogP contribution in [0.5, 0.6) is 0 Å². The number of rotatable bonds is 2. The number of fused-ring (bicyclic) bond motifs is 1. The van der Waals surface area contributed by atoms with E-state index < -0.39 is 0 Å². The summed E-state index contributed by atoms with van der Waals surface area (Å²) in [6.07, 6.45) is 0. The van der Waals surface area contributed by atoms with E-state index in [-0.39, 0.29) is 0 Å². The van der Waals surface area contributed by atoms with Crippen LogP contribution in [0.15, 0.2) is 42.5 Å². The van der Waals surface area contributed by atoms with Crippen LogP contribution in [0.2, 0.25) is 5.02 Å². The fourth-order valence-corrected chi connectivity index (χ4v) is 2.82. The van der Waals surface area contributed by atoms with Crippen LogP contribution in [0.4, 0.5) is 11.4 Å². The summed E-state index contributed by atoms with van der Waals surface area (Å²) in [5, 5.41) is 5.32. The van der Waals surface area contributed by atoms with E-state index in [0.29, 0.717) is 0 Å². The van der Waals surface area contributed by atoms with Crippen LogP contribution in [0.1, 0.15) is 16.8 Å². The summed E-state index contributed by atoms with van der Waals surface area (Å²) < 4.78 is 0. The summed E-state index contributed by atoms with van der Waals surface area (Å²) >= 11 is 6.06. The summed E-state index contributed by atoms with van der Waals surface area (Å²) in [5.41, 5.74) is 6.52. The van der Waals surface area contributed by atoms with Crippen LogP contribution in [0.3, 0.4) is 0 Å². The van der Waals surface area contributed by atoms with Crippen molar-refractivity contribution in [2.24, 2.45) is 0 Å². The molecular weight excluding hydrogens is 280 g/mol. The topological polar surface area (TPSA) is 24.9 Å². The van der Waals surface area contributed by atoms with Gasteiger partial charge in [0.2, 0.25) is 0 Å². The summed E-state index contributed by atoms with van der Waals surface area (Å²) in [7, 11) is 0. The maximum Gasteiger partial charge on any atom is 0.0755 e. The third kappa shape index (κ3) is 2.86. The molecule has 0 bridgehead atoms. The molecule has 0 saturated carbocycles. The van der Waals surface area contributed by atoms with Crippen LogP contribution in [0.25, 0.3) is 10.9 Å². The molecule has 2 nitrogen and oxygen atoms in total. The van der Waals surface area contributed by atoms with Gasteiger partial charge in [-0.3, -0.25) is 4.98 Å². The van der Waals surface area contributed by atoms with Crippen molar-refractivity contribution in [2.45, 2.75) is 20.8 Å². The van der Waals surface area contributed by atoms with Crippen molar-refractivity contribution in [3.05, 3.63) is 64.3 Å². The number of pyridine rings is 1. The van der Waals surface area contributed by atoms with Crippen molar-refractivity contribution in [3.63, 3.8) is 0 Å². The fraction of sp³-hybridized carbons (Fsp3) is 0.167. The molecular formula is C18H17ClN2. The first-order chi connectivity index (χ1) is 10.0. The Morgan fingerprint density at radius 3 is 2.57 bits per heavy atom. The second-order valence-corrected chi connectivity index (χ2v) is 5.86. The minimum Gasteiger partial charge on any atom is -0.355 e. The van der Waals surface area contributed by atoms with Crippen molar-refractivity contribution >= 4 is 33.9 Å². The number of nitrogens with one attached hydrogen (secondary N) is 1. The SMILES string of the molecule is Cc1cc(C)c2nc(C)cc(Nc3cccc(Cl)c3)c2c1. The predicted octanol–water partition coefficient (Wildman–Crippen LogP) is 5.56. The van der Waals surface area contributed by atoms with Gasteiger partial charge in [0.25, 0.3) is 0 Å². The molecule has 0 unspecified atom stereocenters. The van der Waals surface area contributed by atoms with Gasteiger partial charge in [0.15, 0.2) is 0 Å². The van der Waals surface area contributed by atoms with Gasteiger partial charge in [0.05, 0.1) is 5.52 Å². The highest BCUT2D eigenvalue weighted by molar-refractivity contribution is 6.30. The van der Waals surface area contributed by atoms with Gasteiger partial charge < -0.3 is 5.32 Å². The van der Waals surface area contributed by atoms with Crippen molar-refractivity contribution in [2.75, 3.05) is 5.32 Å². The van der Waals surface area contributed by atoms with Gasteiger partial charge in [-0.2, -0.15) is 0 Å². The van der Waals surface area contributed by atoms with Gasteiger partial charge in [0.1, 0.15) is 0 Å². The third-order valence-corrected chi connectivity index (χ3v) is 3.72. The molecule has 1 heterocycles. The van der Waals surface area contributed by atoms with Crippen molar-refractivity contribution in [3.8, 4) is 0 Å². The number of hydrogen-bond acceptors (Lipinski definition) is 2. The zero-order valence-electron chi connectivity index (χ0n) is 12.4. The van der Waals surface area contributed by atoms with E-state index >= 15 is 0 Å². The average Bonchev–Trinajstić information content (AvgIpc) is 2.40. The Bertz CT molecular complexity index is 825. The highest BCUT2D eigenvalue weighted by atomic mass is 35.5. The summed E-state index contributed by atoms with van der Waals surface area (Å²) in [5.74, 6) is 0. The maximum absolute atomic E-state index is 6.06. The first-order valence-electron chi connectivity index (χ1n) is 6.94. The van der Waals surface area contributed by atoms with Gasteiger partial charge in [-0.15, -0.1) is 0 Å². The Labute approximate surface area is 129 Å². The Morgan fingerprint density at radius 2 is 1.81 bits per heavy atom. The van der Waals surface area contributed by atoms with Crippen LogP contribution in [-0.4, -0.2) is 4.98 Å². The normalized spacial score (nSPS) is 10.9.